The van der Waals surface area contributed by atoms with Gasteiger partial charge in [-0.1, -0.05) is 24.2 Å². The lowest BCUT2D eigenvalue weighted by atomic mass is 10.3. The predicted octanol–water partition coefficient (Wildman–Crippen LogP) is 2.11. The summed E-state index contributed by atoms with van der Waals surface area (Å²) in [6.07, 6.45) is 0. The molecule has 1 aromatic rings. The largest absolute Gasteiger partial charge is 0.368 e. The topological polar surface area (TPSA) is 24.5 Å². The zero-order valence-electron chi connectivity index (χ0n) is 6.96. The number of halogens is 1. The highest BCUT2D eigenvalue weighted by Crippen LogP contribution is 2.21. The van der Waals surface area contributed by atoms with E-state index in [1.165, 1.54) is 0 Å². The number of benzene rings is 1. The zero-order chi connectivity index (χ0) is 9.26. The van der Waals surface area contributed by atoms with Crippen LogP contribution in [0.1, 0.15) is 0 Å². The monoisotopic (exact) mass is 196 g/mol. The van der Waals surface area contributed by atoms with Gasteiger partial charge in [-0.15, -0.1) is 5.17 Å². The molecule has 1 fully saturated rings. The highest BCUT2D eigenvalue weighted by Gasteiger charge is 2.16. The fourth-order valence-corrected chi connectivity index (χ4v) is 1.28. The zero-order valence-corrected chi connectivity index (χ0v) is 7.71. The van der Waals surface area contributed by atoms with Gasteiger partial charge in [-0.05, 0) is 18.2 Å². The van der Waals surface area contributed by atoms with E-state index in [9.17, 15) is 0 Å². The van der Waals surface area contributed by atoms with Crippen molar-refractivity contribution in [3.8, 4) is 0 Å². The van der Waals surface area contributed by atoms with Crippen LogP contribution >= 0.6 is 11.6 Å². The Bertz CT molecular complexity index is 340. The number of rotatable bonds is 1. The van der Waals surface area contributed by atoms with Gasteiger partial charge in [0.15, 0.2) is 0 Å². The summed E-state index contributed by atoms with van der Waals surface area (Å²) in [5.74, 6) is 0.694. The van der Waals surface area contributed by atoms with Gasteiger partial charge in [-0.3, -0.25) is 0 Å². The molecule has 0 atom stereocenters. The lowest BCUT2D eigenvalue weighted by molar-refractivity contribution is 0.213. The first-order valence-electron chi connectivity index (χ1n) is 3.90. The molecule has 1 aromatic carbocycles. The molecule has 0 spiro atoms. The van der Waals surface area contributed by atoms with Gasteiger partial charge >= 0.3 is 0 Å². The second-order valence-electron chi connectivity index (χ2n) is 2.74. The minimum atomic E-state index is 0.631. The summed E-state index contributed by atoms with van der Waals surface area (Å²) in [7, 11) is 0. The van der Waals surface area contributed by atoms with E-state index in [0.29, 0.717) is 17.3 Å². The van der Waals surface area contributed by atoms with Gasteiger partial charge in [0.2, 0.25) is 0 Å². The van der Waals surface area contributed by atoms with E-state index in [-0.39, 0.29) is 0 Å². The molecule has 0 radical (unpaired) electrons. The highest BCUT2D eigenvalue weighted by molar-refractivity contribution is 6.30. The molecule has 1 heterocycles. The summed E-state index contributed by atoms with van der Waals surface area (Å²) in [6, 6.07) is 7.39. The number of nitrogens with zero attached hydrogens (tertiary/aromatic N) is 1. The minimum absolute atomic E-state index is 0.631. The second kappa shape index (κ2) is 3.28. The lowest BCUT2D eigenvalue weighted by Gasteiger charge is -2.15. The molecule has 1 N–H and O–H groups in total. The van der Waals surface area contributed by atoms with Crippen LogP contribution in [0.5, 0.6) is 0 Å². The molecule has 2 rings (SSSR count). The molecular formula is C9H9ClN2O. The fourth-order valence-electron chi connectivity index (χ4n) is 1.10. The van der Waals surface area contributed by atoms with E-state index in [2.05, 4.69) is 12.0 Å². The SMILES string of the molecule is C=C1CNN(c2cccc(Cl)c2)O1. The number of hydrogen-bond donors (Lipinski definition) is 1. The summed E-state index contributed by atoms with van der Waals surface area (Å²) >= 11 is 5.83. The Balaban J connectivity index is 2.21. The lowest BCUT2D eigenvalue weighted by Crippen LogP contribution is -2.28. The molecule has 4 heteroatoms. The molecule has 68 valence electrons. The van der Waals surface area contributed by atoms with Crippen LogP contribution in [-0.2, 0) is 4.84 Å². The summed E-state index contributed by atoms with van der Waals surface area (Å²) in [5, 5.41) is 2.23. The first-order chi connectivity index (χ1) is 6.25. The number of anilines is 1. The first-order valence-corrected chi connectivity index (χ1v) is 4.28. The van der Waals surface area contributed by atoms with Crippen molar-refractivity contribution in [3.63, 3.8) is 0 Å². The predicted molar refractivity (Wildman–Crippen MR) is 52.2 cm³/mol. The third-order valence-corrected chi connectivity index (χ3v) is 1.92. The smallest absolute Gasteiger partial charge is 0.142 e. The quantitative estimate of drug-likeness (QED) is 0.745. The van der Waals surface area contributed by atoms with E-state index in [1.807, 2.05) is 24.3 Å². The molecule has 1 saturated heterocycles. The van der Waals surface area contributed by atoms with Crippen molar-refractivity contribution in [2.24, 2.45) is 0 Å². The normalized spacial score (nSPS) is 16.1. The van der Waals surface area contributed by atoms with Gasteiger partial charge in [0.25, 0.3) is 0 Å². The standard InChI is InChI=1S/C9H9ClN2O/c1-7-6-11-12(13-7)9-4-2-3-8(10)5-9/h2-5,11H,1,6H2. The molecule has 0 aromatic heterocycles. The molecule has 1 aliphatic heterocycles. The maximum absolute atomic E-state index is 5.83. The van der Waals surface area contributed by atoms with E-state index in [1.54, 1.807) is 5.17 Å². The van der Waals surface area contributed by atoms with Crippen molar-refractivity contribution in [1.29, 1.82) is 0 Å². The number of nitrogens with one attached hydrogen (secondary N) is 1. The van der Waals surface area contributed by atoms with Gasteiger partial charge in [0, 0.05) is 5.02 Å². The van der Waals surface area contributed by atoms with Gasteiger partial charge < -0.3 is 4.84 Å². The van der Waals surface area contributed by atoms with E-state index in [0.717, 1.165) is 5.69 Å². The fraction of sp³-hybridized carbons (Fsp3) is 0.111. The van der Waals surface area contributed by atoms with Gasteiger partial charge in [-0.2, -0.15) is 5.43 Å². The second-order valence-corrected chi connectivity index (χ2v) is 3.18. The third kappa shape index (κ3) is 1.76. The summed E-state index contributed by atoms with van der Waals surface area (Å²) in [5.41, 5.74) is 3.87. The van der Waals surface area contributed by atoms with E-state index < -0.39 is 0 Å². The Morgan fingerprint density at radius 3 is 3.00 bits per heavy atom. The molecule has 13 heavy (non-hydrogen) atoms. The van der Waals surface area contributed by atoms with Crippen LogP contribution in [0, 0.1) is 0 Å². The highest BCUT2D eigenvalue weighted by atomic mass is 35.5. The average Bonchev–Trinajstić information content (AvgIpc) is 2.52. The Hall–Kier alpha value is -1.19. The van der Waals surface area contributed by atoms with Crippen molar-refractivity contribution in [3.05, 3.63) is 41.6 Å². The Morgan fingerprint density at radius 2 is 2.38 bits per heavy atom. The van der Waals surface area contributed by atoms with Crippen LogP contribution in [0.3, 0.4) is 0 Å². The van der Waals surface area contributed by atoms with E-state index >= 15 is 0 Å². The van der Waals surface area contributed by atoms with Gasteiger partial charge in [0.05, 0.1) is 12.2 Å². The van der Waals surface area contributed by atoms with Crippen LogP contribution < -0.4 is 10.6 Å². The molecular weight excluding hydrogens is 188 g/mol. The van der Waals surface area contributed by atoms with Crippen LogP contribution in [0.4, 0.5) is 5.69 Å². The third-order valence-electron chi connectivity index (χ3n) is 1.68. The molecule has 1 aliphatic rings. The van der Waals surface area contributed by atoms with Crippen molar-refractivity contribution in [2.45, 2.75) is 0 Å². The number of hydrogen-bond acceptors (Lipinski definition) is 3. The van der Waals surface area contributed by atoms with Crippen LogP contribution in [0.15, 0.2) is 36.6 Å². The summed E-state index contributed by atoms with van der Waals surface area (Å²) < 4.78 is 0. The van der Waals surface area contributed by atoms with E-state index in [4.69, 9.17) is 16.4 Å². The molecule has 0 saturated carbocycles. The van der Waals surface area contributed by atoms with Gasteiger partial charge in [0.1, 0.15) is 5.76 Å². The average molecular weight is 197 g/mol. The molecule has 0 unspecified atom stereocenters. The van der Waals surface area contributed by atoms with Crippen molar-refractivity contribution < 1.29 is 4.84 Å². The maximum atomic E-state index is 5.83. The summed E-state index contributed by atoms with van der Waals surface area (Å²) in [4.78, 5) is 5.27. The molecule has 3 nitrogen and oxygen atoms in total. The maximum Gasteiger partial charge on any atom is 0.142 e. The molecule has 0 bridgehead atoms. The van der Waals surface area contributed by atoms with Crippen molar-refractivity contribution in [1.82, 2.24) is 5.43 Å². The number of hydrazine groups is 1. The van der Waals surface area contributed by atoms with Crippen LogP contribution in [0.2, 0.25) is 5.02 Å². The first kappa shape index (κ1) is 8.41. The Morgan fingerprint density at radius 1 is 1.54 bits per heavy atom. The Labute approximate surface area is 81.5 Å². The molecule has 0 amide bonds. The van der Waals surface area contributed by atoms with Gasteiger partial charge in [-0.25, -0.2) is 0 Å². The van der Waals surface area contributed by atoms with Crippen molar-refractivity contribution in [2.75, 3.05) is 11.7 Å². The van der Waals surface area contributed by atoms with Crippen LogP contribution in [-0.4, -0.2) is 6.54 Å². The minimum Gasteiger partial charge on any atom is -0.368 e. The Kier molecular flexibility index (Phi) is 2.12. The van der Waals surface area contributed by atoms with Crippen molar-refractivity contribution >= 4 is 17.3 Å². The summed E-state index contributed by atoms with van der Waals surface area (Å²) in [6.45, 7) is 4.32. The van der Waals surface area contributed by atoms with Crippen LogP contribution in [0.25, 0.3) is 0 Å². The molecule has 0 aliphatic carbocycles.